The van der Waals surface area contributed by atoms with E-state index >= 15 is 0 Å². The molecule has 3 aromatic rings. The zero-order chi connectivity index (χ0) is 22.8. The van der Waals surface area contributed by atoms with Crippen LogP contribution < -0.4 is 4.74 Å². The van der Waals surface area contributed by atoms with Gasteiger partial charge in [0.25, 0.3) is 5.91 Å². The van der Waals surface area contributed by atoms with Crippen molar-refractivity contribution in [1.29, 1.82) is 0 Å². The fourth-order valence-electron chi connectivity index (χ4n) is 3.85. The number of hydrogen-bond acceptors (Lipinski definition) is 6. The third-order valence-corrected chi connectivity index (χ3v) is 5.51. The Morgan fingerprint density at radius 3 is 2.78 bits per heavy atom. The molecule has 166 valence electrons. The van der Waals surface area contributed by atoms with Gasteiger partial charge in [0, 0.05) is 24.1 Å². The average Bonchev–Trinajstić information content (AvgIpc) is 3.31. The molecule has 0 spiro atoms. The maximum atomic E-state index is 13.5. The van der Waals surface area contributed by atoms with Crippen LogP contribution >= 0.6 is 11.6 Å². The summed E-state index contributed by atoms with van der Waals surface area (Å²) in [4.78, 5) is 27.8. The number of halogens is 1. The minimum atomic E-state index is -0.817. The van der Waals surface area contributed by atoms with Gasteiger partial charge in [-0.1, -0.05) is 23.7 Å². The highest BCUT2D eigenvalue weighted by molar-refractivity contribution is 6.31. The normalized spacial score (nSPS) is 16.3. The fraction of sp³-hybridized carbons (Fsp3) is 0.250. The molecular weight excluding hydrogens is 434 g/mol. The monoisotopic (exact) mass is 455 g/mol. The minimum Gasteiger partial charge on any atom is -0.503 e. The van der Waals surface area contributed by atoms with Crippen LogP contribution in [0.5, 0.6) is 5.75 Å². The lowest BCUT2D eigenvalue weighted by atomic mass is 9.95. The van der Waals surface area contributed by atoms with Crippen LogP contribution in [-0.2, 0) is 9.53 Å². The van der Waals surface area contributed by atoms with Crippen molar-refractivity contribution in [3.63, 3.8) is 0 Å². The molecule has 4 rings (SSSR count). The van der Waals surface area contributed by atoms with E-state index in [1.165, 1.54) is 12.0 Å². The number of furan rings is 1. The number of benzene rings is 2. The zero-order valence-corrected chi connectivity index (χ0v) is 18.4. The fourth-order valence-corrected chi connectivity index (χ4v) is 4.03. The second kappa shape index (κ2) is 9.06. The Kier molecular flexibility index (Phi) is 6.21. The summed E-state index contributed by atoms with van der Waals surface area (Å²) in [5, 5.41) is 11.9. The molecule has 0 aliphatic carbocycles. The van der Waals surface area contributed by atoms with E-state index in [0.29, 0.717) is 33.9 Å². The molecule has 1 atom stereocenters. The standard InChI is InChI=1S/C24H22ClNO6/c1-3-31-17-6-4-5-14(12-17)21-20(23(28)24(29)26(21)9-10-30-2)22(27)19-13-15-11-16(25)7-8-18(15)32-19/h4-8,11-13,21,28H,3,9-10H2,1-2H3. The second-order valence-corrected chi connectivity index (χ2v) is 7.72. The summed E-state index contributed by atoms with van der Waals surface area (Å²) >= 11 is 6.04. The molecule has 0 radical (unpaired) electrons. The Hall–Kier alpha value is -3.29. The highest BCUT2D eigenvalue weighted by Crippen LogP contribution is 2.40. The second-order valence-electron chi connectivity index (χ2n) is 7.28. The highest BCUT2D eigenvalue weighted by atomic mass is 35.5. The number of nitrogens with zero attached hydrogens (tertiary/aromatic N) is 1. The first-order valence-electron chi connectivity index (χ1n) is 10.1. The van der Waals surface area contributed by atoms with Crippen LogP contribution in [0.4, 0.5) is 0 Å². The van der Waals surface area contributed by atoms with E-state index < -0.39 is 23.5 Å². The van der Waals surface area contributed by atoms with Gasteiger partial charge in [-0.3, -0.25) is 9.59 Å². The number of ketones is 1. The maximum Gasteiger partial charge on any atom is 0.290 e. The Morgan fingerprint density at radius 2 is 2.03 bits per heavy atom. The van der Waals surface area contributed by atoms with Gasteiger partial charge >= 0.3 is 0 Å². The smallest absolute Gasteiger partial charge is 0.290 e. The number of amides is 1. The summed E-state index contributed by atoms with van der Waals surface area (Å²) in [5.41, 5.74) is 1.06. The molecule has 7 nitrogen and oxygen atoms in total. The van der Waals surface area contributed by atoms with Gasteiger partial charge in [-0.05, 0) is 48.9 Å². The van der Waals surface area contributed by atoms with E-state index in [-0.39, 0.29) is 24.5 Å². The third-order valence-electron chi connectivity index (χ3n) is 5.27. The van der Waals surface area contributed by atoms with E-state index in [1.54, 1.807) is 48.5 Å². The van der Waals surface area contributed by atoms with Crippen molar-refractivity contribution in [2.75, 3.05) is 26.9 Å². The molecule has 0 saturated heterocycles. The first-order chi connectivity index (χ1) is 15.4. The summed E-state index contributed by atoms with van der Waals surface area (Å²) in [6.45, 7) is 2.76. The SMILES string of the molecule is CCOc1cccc(C2C(C(=O)c3cc4cc(Cl)ccc4o3)=C(O)C(=O)N2CCOC)c1. The van der Waals surface area contributed by atoms with Gasteiger partial charge in [-0.25, -0.2) is 0 Å². The van der Waals surface area contributed by atoms with Gasteiger partial charge in [-0.2, -0.15) is 0 Å². The van der Waals surface area contributed by atoms with Crippen LogP contribution in [0.25, 0.3) is 11.0 Å². The maximum absolute atomic E-state index is 13.5. The van der Waals surface area contributed by atoms with Crippen LogP contribution in [-0.4, -0.2) is 48.6 Å². The summed E-state index contributed by atoms with van der Waals surface area (Å²) in [6.07, 6.45) is 0. The number of rotatable bonds is 8. The topological polar surface area (TPSA) is 89.2 Å². The van der Waals surface area contributed by atoms with Crippen molar-refractivity contribution in [2.24, 2.45) is 0 Å². The van der Waals surface area contributed by atoms with Gasteiger partial charge < -0.3 is 23.9 Å². The van der Waals surface area contributed by atoms with E-state index in [2.05, 4.69) is 0 Å². The molecule has 0 bridgehead atoms. The Labute approximate surface area is 189 Å². The van der Waals surface area contributed by atoms with Gasteiger partial charge in [0.05, 0.1) is 24.8 Å². The Bertz CT molecular complexity index is 1210. The van der Waals surface area contributed by atoms with Crippen LogP contribution in [0.15, 0.2) is 64.3 Å². The summed E-state index contributed by atoms with van der Waals surface area (Å²) in [7, 11) is 1.52. The molecule has 8 heteroatoms. The van der Waals surface area contributed by atoms with Crippen molar-refractivity contribution >= 4 is 34.3 Å². The number of carbonyl (C=O) groups excluding carboxylic acids is 2. The lowest BCUT2D eigenvalue weighted by Gasteiger charge is -2.26. The van der Waals surface area contributed by atoms with Crippen molar-refractivity contribution < 1.29 is 28.6 Å². The number of methoxy groups -OCH3 is 1. The van der Waals surface area contributed by atoms with Crippen molar-refractivity contribution in [1.82, 2.24) is 4.90 Å². The molecule has 0 fully saturated rings. The highest BCUT2D eigenvalue weighted by Gasteiger charge is 2.44. The number of Topliss-reactive ketones (excluding diaryl/α,β-unsaturated/α-hetero) is 1. The first kappa shape index (κ1) is 21.9. The molecule has 1 amide bonds. The minimum absolute atomic E-state index is 0.0103. The molecule has 1 aliphatic heterocycles. The number of aliphatic hydroxyl groups is 1. The Balaban J connectivity index is 1.79. The number of fused-ring (bicyclic) bond motifs is 1. The van der Waals surface area contributed by atoms with Crippen molar-refractivity contribution in [2.45, 2.75) is 13.0 Å². The van der Waals surface area contributed by atoms with Gasteiger partial charge in [0.1, 0.15) is 11.3 Å². The Morgan fingerprint density at radius 1 is 1.22 bits per heavy atom. The molecule has 1 aliphatic rings. The van der Waals surface area contributed by atoms with Crippen molar-refractivity contribution in [3.05, 3.63) is 76.2 Å². The molecule has 1 N–H and O–H groups in total. The van der Waals surface area contributed by atoms with Crippen LogP contribution in [0.2, 0.25) is 5.02 Å². The van der Waals surface area contributed by atoms with E-state index in [9.17, 15) is 14.7 Å². The van der Waals surface area contributed by atoms with E-state index in [1.807, 2.05) is 6.92 Å². The van der Waals surface area contributed by atoms with Crippen LogP contribution in [0.3, 0.4) is 0 Å². The van der Waals surface area contributed by atoms with Gasteiger partial charge in [0.15, 0.2) is 11.5 Å². The predicted octanol–water partition coefficient (Wildman–Crippen LogP) is 4.71. The summed E-state index contributed by atoms with van der Waals surface area (Å²) in [6, 6.07) is 12.8. The molecule has 1 unspecified atom stereocenters. The van der Waals surface area contributed by atoms with Crippen LogP contribution in [0, 0.1) is 0 Å². The first-order valence-corrected chi connectivity index (χ1v) is 10.5. The number of hydrogen-bond donors (Lipinski definition) is 1. The zero-order valence-electron chi connectivity index (χ0n) is 17.6. The lowest BCUT2D eigenvalue weighted by molar-refractivity contribution is -0.130. The molecule has 1 aromatic heterocycles. The van der Waals surface area contributed by atoms with E-state index in [4.69, 9.17) is 25.5 Å². The quantitative estimate of drug-likeness (QED) is 0.495. The number of ether oxygens (including phenoxy) is 2. The van der Waals surface area contributed by atoms with Gasteiger partial charge in [0.2, 0.25) is 5.78 Å². The third kappa shape index (κ3) is 3.97. The largest absolute Gasteiger partial charge is 0.503 e. The lowest BCUT2D eigenvalue weighted by Crippen LogP contribution is -2.34. The van der Waals surface area contributed by atoms with Crippen LogP contribution in [0.1, 0.15) is 29.1 Å². The molecule has 2 aromatic carbocycles. The van der Waals surface area contributed by atoms with E-state index in [0.717, 1.165) is 0 Å². The summed E-state index contributed by atoms with van der Waals surface area (Å²) in [5.74, 6) is -1.21. The molecule has 0 saturated carbocycles. The summed E-state index contributed by atoms with van der Waals surface area (Å²) < 4.78 is 16.4. The average molecular weight is 456 g/mol. The predicted molar refractivity (Wildman–Crippen MR) is 119 cm³/mol. The number of aliphatic hydroxyl groups excluding tert-OH is 1. The molecular formula is C24H22ClNO6. The van der Waals surface area contributed by atoms with Gasteiger partial charge in [-0.15, -0.1) is 0 Å². The number of carbonyl (C=O) groups is 2. The van der Waals surface area contributed by atoms with Crippen molar-refractivity contribution in [3.8, 4) is 5.75 Å². The molecule has 32 heavy (non-hydrogen) atoms. The molecule has 2 heterocycles.